The van der Waals surface area contributed by atoms with E-state index in [0.717, 1.165) is 54.2 Å². The standard InChI is InChI=1S/C34H39N5O4/c1-24(2)38-20-21-39(34(38)42)30-15-14-29(22-25(30)3)36-16-18-37(19-17-36)31(27-8-6-5-7-9-27)32(40)35-23-26-10-12-28(13-11-26)33(41)43-4/h5-15,20-22,24,31H,16-19,23H2,1-4H3,(H,35,40). The molecule has 1 aliphatic heterocycles. The number of piperazine rings is 1. The van der Waals surface area contributed by atoms with E-state index >= 15 is 0 Å². The fraction of sp³-hybridized carbons (Fsp3) is 0.324. The van der Waals surface area contributed by atoms with E-state index in [0.29, 0.717) is 12.1 Å². The Morgan fingerprint density at radius 3 is 2.21 bits per heavy atom. The van der Waals surface area contributed by atoms with E-state index in [4.69, 9.17) is 4.74 Å². The number of carbonyl (C=O) groups is 2. The molecule has 0 aliphatic carbocycles. The third-order valence-electron chi connectivity index (χ3n) is 8.05. The van der Waals surface area contributed by atoms with Gasteiger partial charge in [-0.25, -0.2) is 9.59 Å². The second-order valence-electron chi connectivity index (χ2n) is 11.2. The Morgan fingerprint density at radius 1 is 0.907 bits per heavy atom. The number of hydrogen-bond acceptors (Lipinski definition) is 6. The predicted octanol–water partition coefficient (Wildman–Crippen LogP) is 4.49. The van der Waals surface area contributed by atoms with Crippen molar-refractivity contribution in [2.24, 2.45) is 0 Å². The molecule has 1 atom stereocenters. The number of imidazole rings is 1. The van der Waals surface area contributed by atoms with Gasteiger partial charge in [0.1, 0.15) is 6.04 Å². The molecule has 5 rings (SSSR count). The van der Waals surface area contributed by atoms with E-state index in [1.54, 1.807) is 21.3 Å². The van der Waals surface area contributed by atoms with E-state index < -0.39 is 6.04 Å². The maximum absolute atomic E-state index is 13.6. The molecule has 1 aliphatic rings. The van der Waals surface area contributed by atoms with Gasteiger partial charge in [0.2, 0.25) is 5.91 Å². The van der Waals surface area contributed by atoms with Gasteiger partial charge in [0, 0.05) is 56.8 Å². The van der Waals surface area contributed by atoms with Crippen molar-refractivity contribution in [1.82, 2.24) is 19.4 Å². The quantitative estimate of drug-likeness (QED) is 0.293. The molecular weight excluding hydrogens is 542 g/mol. The first kappa shape index (κ1) is 29.8. The molecule has 1 amide bonds. The van der Waals surface area contributed by atoms with Gasteiger partial charge in [-0.3, -0.25) is 18.8 Å². The average molecular weight is 582 g/mol. The van der Waals surface area contributed by atoms with Crippen LogP contribution in [0, 0.1) is 6.92 Å². The zero-order valence-electron chi connectivity index (χ0n) is 25.2. The van der Waals surface area contributed by atoms with Crippen molar-refractivity contribution in [1.29, 1.82) is 0 Å². The van der Waals surface area contributed by atoms with E-state index in [1.165, 1.54) is 7.11 Å². The summed E-state index contributed by atoms with van der Waals surface area (Å²) >= 11 is 0. The number of anilines is 1. The monoisotopic (exact) mass is 581 g/mol. The zero-order chi connectivity index (χ0) is 30.5. The molecule has 0 radical (unpaired) electrons. The van der Waals surface area contributed by atoms with E-state index in [1.807, 2.05) is 81.7 Å². The maximum Gasteiger partial charge on any atom is 0.337 e. The van der Waals surface area contributed by atoms with Gasteiger partial charge in [-0.1, -0.05) is 42.5 Å². The third kappa shape index (κ3) is 6.57. The lowest BCUT2D eigenvalue weighted by Gasteiger charge is -2.40. The molecule has 3 aromatic carbocycles. The molecule has 0 bridgehead atoms. The Hall–Kier alpha value is -4.63. The summed E-state index contributed by atoms with van der Waals surface area (Å²) in [6, 6.07) is 22.8. The van der Waals surface area contributed by atoms with Crippen LogP contribution in [0.2, 0.25) is 0 Å². The number of carbonyl (C=O) groups excluding carboxylic acids is 2. The number of esters is 1. The Balaban J connectivity index is 1.26. The van der Waals surface area contributed by atoms with Crippen LogP contribution in [0.5, 0.6) is 0 Å². The highest BCUT2D eigenvalue weighted by molar-refractivity contribution is 5.89. The van der Waals surface area contributed by atoms with E-state index in [-0.39, 0.29) is 23.6 Å². The van der Waals surface area contributed by atoms with Gasteiger partial charge in [0.25, 0.3) is 0 Å². The number of nitrogens with one attached hydrogen (secondary N) is 1. The average Bonchev–Trinajstić information content (AvgIpc) is 3.42. The Kier molecular flexibility index (Phi) is 9.11. The van der Waals surface area contributed by atoms with Gasteiger partial charge in [-0.05, 0) is 67.8 Å². The Morgan fingerprint density at radius 2 is 1.60 bits per heavy atom. The van der Waals surface area contributed by atoms with Crippen LogP contribution < -0.4 is 15.9 Å². The van der Waals surface area contributed by atoms with Crippen LogP contribution in [0.4, 0.5) is 5.69 Å². The number of amides is 1. The number of hydrogen-bond donors (Lipinski definition) is 1. The number of nitrogens with zero attached hydrogens (tertiary/aromatic N) is 4. The van der Waals surface area contributed by atoms with Crippen LogP contribution in [-0.2, 0) is 16.1 Å². The molecule has 224 valence electrons. The van der Waals surface area contributed by atoms with Crippen LogP contribution in [-0.4, -0.2) is 59.2 Å². The summed E-state index contributed by atoms with van der Waals surface area (Å²) in [4.78, 5) is 42.8. The summed E-state index contributed by atoms with van der Waals surface area (Å²) < 4.78 is 8.20. The van der Waals surface area contributed by atoms with E-state index in [2.05, 4.69) is 27.2 Å². The van der Waals surface area contributed by atoms with Crippen LogP contribution in [0.25, 0.3) is 5.69 Å². The van der Waals surface area contributed by atoms with Gasteiger partial charge in [0.15, 0.2) is 0 Å². The minimum absolute atomic E-state index is 0.0390. The van der Waals surface area contributed by atoms with Crippen molar-refractivity contribution in [3.05, 3.63) is 118 Å². The molecule has 0 spiro atoms. The topological polar surface area (TPSA) is 88.8 Å². The zero-order valence-corrected chi connectivity index (χ0v) is 25.2. The summed E-state index contributed by atoms with van der Waals surface area (Å²) in [6.45, 7) is 9.38. The van der Waals surface area contributed by atoms with Gasteiger partial charge >= 0.3 is 11.7 Å². The molecule has 1 unspecified atom stereocenters. The van der Waals surface area contributed by atoms with Crippen LogP contribution in [0.3, 0.4) is 0 Å². The molecule has 1 fully saturated rings. The molecule has 1 N–H and O–H groups in total. The van der Waals surface area contributed by atoms with Gasteiger partial charge in [0.05, 0.1) is 18.4 Å². The smallest absolute Gasteiger partial charge is 0.337 e. The third-order valence-corrected chi connectivity index (χ3v) is 8.05. The first-order valence-electron chi connectivity index (χ1n) is 14.7. The Labute approximate surface area is 252 Å². The first-order chi connectivity index (χ1) is 20.8. The van der Waals surface area contributed by atoms with Gasteiger partial charge in [-0.15, -0.1) is 0 Å². The lowest BCUT2D eigenvalue weighted by atomic mass is 10.0. The molecule has 4 aromatic rings. The SMILES string of the molecule is COC(=O)c1ccc(CNC(=O)C(c2ccccc2)N2CCN(c3ccc(-n4ccn(C(C)C)c4=O)c(C)c3)CC2)cc1. The van der Waals surface area contributed by atoms with Gasteiger partial charge in [-0.2, -0.15) is 0 Å². The number of rotatable bonds is 9. The highest BCUT2D eigenvalue weighted by Crippen LogP contribution is 2.27. The minimum atomic E-state index is -0.418. The largest absolute Gasteiger partial charge is 0.465 e. The molecule has 9 heteroatoms. The molecule has 43 heavy (non-hydrogen) atoms. The normalized spacial score (nSPS) is 14.5. The van der Waals surface area contributed by atoms with Crippen LogP contribution in [0.15, 0.2) is 90.0 Å². The van der Waals surface area contributed by atoms with Crippen molar-refractivity contribution in [3.63, 3.8) is 0 Å². The van der Waals surface area contributed by atoms with Crippen LogP contribution in [0.1, 0.15) is 53.0 Å². The molecule has 1 saturated heterocycles. The van der Waals surface area contributed by atoms with Crippen molar-refractivity contribution >= 4 is 17.6 Å². The minimum Gasteiger partial charge on any atom is -0.465 e. The first-order valence-corrected chi connectivity index (χ1v) is 14.7. The summed E-state index contributed by atoms with van der Waals surface area (Å²) in [5, 5.41) is 3.10. The number of aromatic nitrogens is 2. The summed E-state index contributed by atoms with van der Waals surface area (Å²) in [7, 11) is 1.35. The highest BCUT2D eigenvalue weighted by Gasteiger charge is 2.30. The fourth-order valence-corrected chi connectivity index (χ4v) is 5.64. The molecule has 0 saturated carbocycles. The lowest BCUT2D eigenvalue weighted by Crippen LogP contribution is -2.51. The number of aryl methyl sites for hydroxylation is 1. The van der Waals surface area contributed by atoms with Crippen molar-refractivity contribution in [2.75, 3.05) is 38.2 Å². The van der Waals surface area contributed by atoms with Crippen molar-refractivity contribution < 1.29 is 14.3 Å². The predicted molar refractivity (Wildman–Crippen MR) is 168 cm³/mol. The molecular formula is C34H39N5O4. The molecule has 1 aromatic heterocycles. The highest BCUT2D eigenvalue weighted by atomic mass is 16.5. The number of ether oxygens (including phenoxy) is 1. The second-order valence-corrected chi connectivity index (χ2v) is 11.2. The summed E-state index contributed by atoms with van der Waals surface area (Å²) in [5.74, 6) is -0.447. The summed E-state index contributed by atoms with van der Waals surface area (Å²) in [5.41, 5.74) is 5.31. The molecule has 2 heterocycles. The van der Waals surface area contributed by atoms with Gasteiger partial charge < -0.3 is 15.0 Å². The van der Waals surface area contributed by atoms with Crippen molar-refractivity contribution in [3.8, 4) is 5.69 Å². The van der Waals surface area contributed by atoms with Crippen LogP contribution >= 0.6 is 0 Å². The fourth-order valence-electron chi connectivity index (χ4n) is 5.64. The number of benzene rings is 3. The van der Waals surface area contributed by atoms with Crippen molar-refractivity contribution in [2.45, 2.75) is 39.4 Å². The number of methoxy groups -OCH3 is 1. The maximum atomic E-state index is 13.6. The Bertz CT molecular complexity index is 1620. The lowest BCUT2D eigenvalue weighted by molar-refractivity contribution is -0.127. The second kappa shape index (κ2) is 13.1. The summed E-state index contributed by atoms with van der Waals surface area (Å²) in [6.07, 6.45) is 3.66. The molecule has 9 nitrogen and oxygen atoms in total. The van der Waals surface area contributed by atoms with E-state index in [9.17, 15) is 14.4 Å².